The molecule has 0 fully saturated rings. The van der Waals surface area contributed by atoms with Crippen LogP contribution in [0.4, 0.5) is 65.9 Å². The van der Waals surface area contributed by atoms with Crippen molar-refractivity contribution in [3.05, 3.63) is 0 Å². The van der Waals surface area contributed by atoms with Gasteiger partial charge >= 0.3 is 36.3 Å². The molecule has 0 aliphatic carbocycles. The molecule has 0 rings (SSSR count). The van der Waals surface area contributed by atoms with E-state index in [0.717, 1.165) is 0 Å². The van der Waals surface area contributed by atoms with Gasteiger partial charge in [0.2, 0.25) is 0 Å². The number of alkyl halides is 15. The largest absolute Gasteiger partial charge is 0.453 e. The Bertz CT molecular complexity index is 466. The summed E-state index contributed by atoms with van der Waals surface area (Å²) < 4.78 is 189. The van der Waals surface area contributed by atoms with Crippen molar-refractivity contribution < 1.29 is 80.4 Å². The summed E-state index contributed by atoms with van der Waals surface area (Å²) in [5.41, 5.74) is -7.92. The Labute approximate surface area is 131 Å². The van der Waals surface area contributed by atoms with E-state index in [-0.39, 0.29) is 0 Å². The van der Waals surface area contributed by atoms with Gasteiger partial charge in [-0.2, -0.15) is 52.7 Å². The smallest absolute Gasteiger partial charge is 0.360 e. The molecule has 2 unspecified atom stereocenters. The average Bonchev–Trinajstić information content (AvgIpc) is 2.32. The third kappa shape index (κ3) is 4.38. The predicted octanol–water partition coefficient (Wildman–Crippen LogP) is 4.21. The SMILES string of the molecule is OC(F)C(F)OC(F)(F)C(F)(F)OC(F)(F)C(F)(C(F)(F)F)C(F)(F)F. The normalized spacial score (nSPS) is 18.0. The Balaban J connectivity index is 5.95. The molecule has 158 valence electrons. The van der Waals surface area contributed by atoms with Gasteiger partial charge in [0.15, 0.2) is 0 Å². The summed E-state index contributed by atoms with van der Waals surface area (Å²) in [5.74, 6) is 0. The van der Waals surface area contributed by atoms with Crippen molar-refractivity contribution in [3.8, 4) is 0 Å². The monoisotopic (exact) mass is 432 g/mol. The molecule has 0 bridgehead atoms. The first-order chi connectivity index (χ1) is 11.0. The zero-order valence-corrected chi connectivity index (χ0v) is 11.1. The van der Waals surface area contributed by atoms with Gasteiger partial charge in [0.1, 0.15) is 0 Å². The molecule has 26 heavy (non-hydrogen) atoms. The zero-order valence-electron chi connectivity index (χ0n) is 11.1. The van der Waals surface area contributed by atoms with E-state index >= 15 is 0 Å². The van der Waals surface area contributed by atoms with Gasteiger partial charge in [-0.3, -0.25) is 4.74 Å². The van der Waals surface area contributed by atoms with Crippen LogP contribution in [0.15, 0.2) is 0 Å². The summed E-state index contributed by atoms with van der Waals surface area (Å²) in [6, 6.07) is 0. The van der Waals surface area contributed by atoms with E-state index in [4.69, 9.17) is 5.11 Å². The third-order valence-electron chi connectivity index (χ3n) is 2.25. The molecule has 0 aromatic heterocycles. The quantitative estimate of drug-likeness (QED) is 0.613. The lowest BCUT2D eigenvalue weighted by atomic mass is 10.0. The van der Waals surface area contributed by atoms with Crippen LogP contribution in [-0.2, 0) is 9.47 Å². The molecule has 0 aromatic rings. The maximum absolute atomic E-state index is 13.0. The average molecular weight is 432 g/mol. The van der Waals surface area contributed by atoms with E-state index in [2.05, 4.69) is 4.74 Å². The molecule has 3 nitrogen and oxygen atoms in total. The van der Waals surface area contributed by atoms with Crippen LogP contribution in [0.5, 0.6) is 0 Å². The Kier molecular flexibility index (Phi) is 6.47. The van der Waals surface area contributed by atoms with Crippen molar-refractivity contribution >= 4 is 0 Å². The third-order valence-corrected chi connectivity index (χ3v) is 2.25. The number of aliphatic hydroxyl groups is 1. The minimum Gasteiger partial charge on any atom is -0.360 e. The zero-order chi connectivity index (χ0) is 21.6. The minimum atomic E-state index is -7.92. The lowest BCUT2D eigenvalue weighted by Crippen LogP contribution is -2.67. The standard InChI is InChI=1S/C8H3F15O3/c9-1(24)2(10)25-7(20,21)8(22,23)26-6(18,19)3(11,4(12,13)14)5(15,16)17/h1-2,24H. The number of halogens is 15. The maximum Gasteiger partial charge on any atom is 0.453 e. The molecule has 1 N–H and O–H groups in total. The molecular formula is C8H3F15O3. The summed E-state index contributed by atoms with van der Waals surface area (Å²) >= 11 is 0. The Morgan fingerprint density at radius 1 is 0.577 bits per heavy atom. The van der Waals surface area contributed by atoms with Crippen molar-refractivity contribution in [3.63, 3.8) is 0 Å². The predicted molar refractivity (Wildman–Crippen MR) is 45.0 cm³/mol. The van der Waals surface area contributed by atoms with E-state index in [0.29, 0.717) is 0 Å². The lowest BCUT2D eigenvalue weighted by Gasteiger charge is -2.37. The number of hydrogen-bond donors (Lipinski definition) is 1. The van der Waals surface area contributed by atoms with Crippen molar-refractivity contribution in [1.29, 1.82) is 0 Å². The molecule has 0 amide bonds. The molecule has 0 saturated carbocycles. The molecule has 0 spiro atoms. The fourth-order valence-electron chi connectivity index (χ4n) is 1.05. The van der Waals surface area contributed by atoms with Gasteiger partial charge in [-0.05, 0) is 0 Å². The summed E-state index contributed by atoms with van der Waals surface area (Å²) in [6.45, 7) is 0. The fraction of sp³-hybridized carbons (Fsp3) is 1.00. The minimum absolute atomic E-state index is 1.36. The van der Waals surface area contributed by atoms with Crippen LogP contribution in [0, 0.1) is 0 Å². The van der Waals surface area contributed by atoms with Gasteiger partial charge in [-0.25, -0.2) is 17.9 Å². The first kappa shape index (κ1) is 24.8. The van der Waals surface area contributed by atoms with Crippen LogP contribution >= 0.6 is 0 Å². The highest BCUT2D eigenvalue weighted by molar-refractivity contribution is 5.02. The highest BCUT2D eigenvalue weighted by atomic mass is 19.4. The summed E-state index contributed by atoms with van der Waals surface area (Å²) in [5, 5.41) is 7.73. The number of rotatable bonds is 7. The Morgan fingerprint density at radius 2 is 0.923 bits per heavy atom. The molecular weight excluding hydrogens is 429 g/mol. The molecule has 0 aliphatic heterocycles. The first-order valence-corrected chi connectivity index (χ1v) is 5.33. The van der Waals surface area contributed by atoms with Gasteiger partial charge in [-0.1, -0.05) is 0 Å². The highest BCUT2D eigenvalue weighted by Gasteiger charge is 2.87. The topological polar surface area (TPSA) is 38.7 Å². The second-order valence-electron chi connectivity index (χ2n) is 4.15. The van der Waals surface area contributed by atoms with Gasteiger partial charge in [0.25, 0.3) is 12.7 Å². The Hall–Kier alpha value is -1.17. The molecule has 0 saturated heterocycles. The number of ether oxygens (including phenoxy) is 2. The van der Waals surface area contributed by atoms with Crippen molar-refractivity contribution in [1.82, 2.24) is 0 Å². The van der Waals surface area contributed by atoms with Gasteiger partial charge in [-0.15, -0.1) is 0 Å². The van der Waals surface area contributed by atoms with Crippen molar-refractivity contribution in [2.24, 2.45) is 0 Å². The fourth-order valence-corrected chi connectivity index (χ4v) is 1.05. The second kappa shape index (κ2) is 6.77. The molecule has 2 atom stereocenters. The highest BCUT2D eigenvalue weighted by Crippen LogP contribution is 2.57. The van der Waals surface area contributed by atoms with Gasteiger partial charge < -0.3 is 5.11 Å². The molecule has 0 aliphatic rings. The van der Waals surface area contributed by atoms with E-state index in [9.17, 15) is 65.9 Å². The molecule has 0 aromatic carbocycles. The van der Waals surface area contributed by atoms with Gasteiger partial charge in [0.05, 0.1) is 0 Å². The van der Waals surface area contributed by atoms with E-state index in [1.807, 2.05) is 0 Å². The van der Waals surface area contributed by atoms with Crippen LogP contribution in [0.25, 0.3) is 0 Å². The summed E-state index contributed by atoms with van der Waals surface area (Å²) in [7, 11) is 0. The molecule has 18 heteroatoms. The van der Waals surface area contributed by atoms with Crippen LogP contribution < -0.4 is 0 Å². The van der Waals surface area contributed by atoms with E-state index in [1.54, 1.807) is 0 Å². The second-order valence-corrected chi connectivity index (χ2v) is 4.15. The Morgan fingerprint density at radius 3 is 1.19 bits per heavy atom. The van der Waals surface area contributed by atoms with Crippen molar-refractivity contribution in [2.45, 2.75) is 49.1 Å². The van der Waals surface area contributed by atoms with Crippen LogP contribution in [-0.4, -0.2) is 54.2 Å². The van der Waals surface area contributed by atoms with Crippen LogP contribution in [0.1, 0.15) is 0 Å². The summed E-state index contributed by atoms with van der Waals surface area (Å²) in [6.07, 6.45) is -45.9. The molecule has 0 heterocycles. The van der Waals surface area contributed by atoms with E-state index in [1.165, 1.54) is 4.74 Å². The van der Waals surface area contributed by atoms with E-state index < -0.39 is 49.1 Å². The summed E-state index contributed by atoms with van der Waals surface area (Å²) in [4.78, 5) is 0. The number of hydrogen-bond acceptors (Lipinski definition) is 3. The molecule has 0 radical (unpaired) electrons. The van der Waals surface area contributed by atoms with Gasteiger partial charge in [0, 0.05) is 0 Å². The number of aliphatic hydroxyl groups excluding tert-OH is 1. The van der Waals surface area contributed by atoms with Crippen LogP contribution in [0.3, 0.4) is 0 Å². The maximum atomic E-state index is 13.0. The van der Waals surface area contributed by atoms with Crippen LogP contribution in [0.2, 0.25) is 0 Å². The first-order valence-electron chi connectivity index (χ1n) is 5.33. The lowest BCUT2D eigenvalue weighted by molar-refractivity contribution is -0.534. The van der Waals surface area contributed by atoms with Crippen molar-refractivity contribution in [2.75, 3.05) is 0 Å².